The number of allylic oxidation sites excluding steroid dienone is 3. The fraction of sp³-hybridized carbons (Fsp3) is 0.409. The monoisotopic (exact) mass is 465 g/mol. The molecule has 3 rings (SSSR count). The third-order valence-electron chi connectivity index (χ3n) is 4.68. The van der Waals surface area contributed by atoms with E-state index in [0.717, 1.165) is 18.9 Å². The maximum Gasteiger partial charge on any atom is 0.322 e. The van der Waals surface area contributed by atoms with Crippen molar-refractivity contribution in [3.63, 3.8) is 0 Å². The summed E-state index contributed by atoms with van der Waals surface area (Å²) in [4.78, 5) is 15.8. The zero-order valence-electron chi connectivity index (χ0n) is 18.3. The lowest BCUT2D eigenvalue weighted by Crippen LogP contribution is -2.42. The first-order valence-corrected chi connectivity index (χ1v) is 11.9. The van der Waals surface area contributed by atoms with E-state index in [1.54, 1.807) is 6.92 Å². The molecule has 1 aromatic carbocycles. The fourth-order valence-electron chi connectivity index (χ4n) is 2.91. The number of aliphatic carboxylic acids is 1. The minimum Gasteiger partial charge on any atom is -0.480 e. The minimum absolute atomic E-state index is 0.00820. The summed E-state index contributed by atoms with van der Waals surface area (Å²) in [5, 5.41) is 13.2. The van der Waals surface area contributed by atoms with Crippen molar-refractivity contribution < 1.29 is 27.2 Å². The van der Waals surface area contributed by atoms with Gasteiger partial charge >= 0.3 is 5.97 Å². The lowest BCUT2D eigenvalue weighted by Gasteiger charge is -2.16. The molecular formula is C22H28FN3O5S. The van der Waals surface area contributed by atoms with Crippen LogP contribution in [0.25, 0.3) is 11.4 Å². The Kier molecular flexibility index (Phi) is 8.85. The van der Waals surface area contributed by atoms with Crippen molar-refractivity contribution in [1.82, 2.24) is 14.9 Å². The molecule has 2 aromatic rings. The molecular weight excluding hydrogens is 437 g/mol. The molecule has 32 heavy (non-hydrogen) atoms. The molecule has 1 saturated carbocycles. The third kappa shape index (κ3) is 6.33. The molecule has 174 valence electrons. The highest BCUT2D eigenvalue weighted by molar-refractivity contribution is 7.93. The van der Waals surface area contributed by atoms with Crippen LogP contribution in [0.3, 0.4) is 0 Å². The number of carboxylic acid groups (broad SMARTS) is 1. The molecule has 0 amide bonds. The summed E-state index contributed by atoms with van der Waals surface area (Å²) < 4.78 is 46.8. The third-order valence-corrected chi connectivity index (χ3v) is 6.39. The molecule has 0 spiro atoms. The van der Waals surface area contributed by atoms with Gasteiger partial charge in [-0.2, -0.15) is 9.71 Å². The number of aromatic nitrogens is 2. The molecule has 1 aromatic heterocycles. The van der Waals surface area contributed by atoms with Crippen LogP contribution in [0.4, 0.5) is 4.39 Å². The second-order valence-electron chi connectivity index (χ2n) is 6.98. The Balaban J connectivity index is 0.00000176. The zero-order valence-corrected chi connectivity index (χ0v) is 19.2. The first-order chi connectivity index (χ1) is 15.2. The molecule has 0 bridgehead atoms. The highest BCUT2D eigenvalue weighted by Gasteiger charge is 2.30. The van der Waals surface area contributed by atoms with Gasteiger partial charge in [-0.15, -0.1) is 0 Å². The van der Waals surface area contributed by atoms with E-state index in [4.69, 9.17) is 4.52 Å². The van der Waals surface area contributed by atoms with Crippen LogP contribution in [-0.2, 0) is 21.2 Å². The lowest BCUT2D eigenvalue weighted by atomic mass is 10.0. The number of nitrogens with zero attached hydrogens (tertiary/aromatic N) is 2. The molecule has 0 saturated heterocycles. The van der Waals surface area contributed by atoms with Gasteiger partial charge in [0.1, 0.15) is 11.9 Å². The first kappa shape index (κ1) is 25.4. The molecule has 1 atom stereocenters. The Labute approximate surface area is 187 Å². The van der Waals surface area contributed by atoms with Crippen LogP contribution in [0.5, 0.6) is 0 Å². The van der Waals surface area contributed by atoms with Gasteiger partial charge in [-0.25, -0.2) is 12.8 Å². The van der Waals surface area contributed by atoms with Crippen molar-refractivity contribution in [1.29, 1.82) is 0 Å². The van der Waals surface area contributed by atoms with Crippen LogP contribution < -0.4 is 4.72 Å². The first-order valence-electron chi connectivity index (χ1n) is 10.4. The Morgan fingerprint density at radius 1 is 1.41 bits per heavy atom. The number of nitrogens with one attached hydrogen (secondary N) is 1. The van der Waals surface area contributed by atoms with Gasteiger partial charge in [-0.3, -0.25) is 4.79 Å². The number of carbonyl (C=O) groups is 1. The number of hydrogen-bond donors (Lipinski definition) is 2. The number of halogens is 1. The van der Waals surface area contributed by atoms with Gasteiger partial charge < -0.3 is 9.63 Å². The maximum absolute atomic E-state index is 14.6. The van der Waals surface area contributed by atoms with Gasteiger partial charge in [0.15, 0.2) is 0 Å². The molecule has 1 unspecified atom stereocenters. The topological polar surface area (TPSA) is 122 Å². The highest BCUT2D eigenvalue weighted by Crippen LogP contribution is 2.39. The molecule has 0 radical (unpaired) electrons. The molecule has 1 aliphatic rings. The number of rotatable bonds is 10. The molecule has 1 fully saturated rings. The van der Waals surface area contributed by atoms with Crippen LogP contribution in [0.15, 0.2) is 46.4 Å². The van der Waals surface area contributed by atoms with Gasteiger partial charge in [-0.1, -0.05) is 44.6 Å². The van der Waals surface area contributed by atoms with Crippen molar-refractivity contribution in [2.75, 3.05) is 0 Å². The van der Waals surface area contributed by atoms with E-state index in [1.807, 2.05) is 13.8 Å². The Bertz CT molecular complexity index is 1090. The van der Waals surface area contributed by atoms with E-state index >= 15 is 0 Å². The number of carboxylic acids is 1. The number of sulfonamides is 1. The van der Waals surface area contributed by atoms with Crippen LogP contribution in [0.2, 0.25) is 0 Å². The predicted molar refractivity (Wildman–Crippen MR) is 119 cm³/mol. The van der Waals surface area contributed by atoms with Crippen molar-refractivity contribution in [3.05, 3.63) is 59.1 Å². The Morgan fingerprint density at radius 2 is 2.09 bits per heavy atom. The fourth-order valence-corrected chi connectivity index (χ4v) is 4.28. The summed E-state index contributed by atoms with van der Waals surface area (Å²) in [5.41, 5.74) is 0.437. The maximum atomic E-state index is 14.6. The predicted octanol–water partition coefficient (Wildman–Crippen LogP) is 4.17. The average molecular weight is 466 g/mol. The van der Waals surface area contributed by atoms with Gasteiger partial charge in [0.25, 0.3) is 0 Å². The number of benzene rings is 1. The SMILES string of the molecule is C=C/C=C(\CC)S(=O)(=O)NC(Cc1ccc(-c2noc(C3CC3)n2)c(F)c1)C(=O)O.CC. The summed E-state index contributed by atoms with van der Waals surface area (Å²) in [5.74, 6) is -1.18. The minimum atomic E-state index is -4.03. The average Bonchev–Trinajstić information content (AvgIpc) is 3.50. The highest BCUT2D eigenvalue weighted by atomic mass is 32.2. The summed E-state index contributed by atoms with van der Waals surface area (Å²) in [6, 6.07) is 2.62. The number of hydrogen-bond acceptors (Lipinski definition) is 6. The summed E-state index contributed by atoms with van der Waals surface area (Å²) >= 11 is 0. The summed E-state index contributed by atoms with van der Waals surface area (Å²) in [6.45, 7) is 9.09. The van der Waals surface area contributed by atoms with Crippen molar-refractivity contribution in [2.45, 2.75) is 58.4 Å². The van der Waals surface area contributed by atoms with Gasteiger partial charge in [0, 0.05) is 5.92 Å². The van der Waals surface area contributed by atoms with E-state index in [2.05, 4.69) is 21.4 Å². The second-order valence-corrected chi connectivity index (χ2v) is 8.75. The molecule has 1 heterocycles. The van der Waals surface area contributed by atoms with Gasteiger partial charge in [0.05, 0.1) is 10.5 Å². The molecule has 10 heteroatoms. The second kappa shape index (κ2) is 11.1. The Hall–Kier alpha value is -2.85. The standard InChI is InChI=1S/C20H22FN3O5S.C2H6/c1-3-5-14(4-2)30(27,28)24-17(20(25)26)11-12-6-9-15(16(21)10-12)18-22-19(29-23-18)13-7-8-13;1-2/h3,5-6,9-10,13,17,24H,1,4,7-8,11H2,2H3,(H,25,26);1-2H3/b14-5+;. The zero-order chi connectivity index (χ0) is 23.9. The quantitative estimate of drug-likeness (QED) is 0.505. The van der Waals surface area contributed by atoms with Crippen LogP contribution >= 0.6 is 0 Å². The van der Waals surface area contributed by atoms with Crippen LogP contribution in [0.1, 0.15) is 57.4 Å². The molecule has 8 nitrogen and oxygen atoms in total. The van der Waals surface area contributed by atoms with Gasteiger partial charge in [-0.05, 0) is 49.5 Å². The summed E-state index contributed by atoms with van der Waals surface area (Å²) in [7, 11) is -4.03. The van der Waals surface area contributed by atoms with Crippen molar-refractivity contribution in [2.24, 2.45) is 0 Å². The Morgan fingerprint density at radius 3 is 2.62 bits per heavy atom. The van der Waals surface area contributed by atoms with Gasteiger partial charge in [0.2, 0.25) is 21.7 Å². The van der Waals surface area contributed by atoms with E-state index in [-0.39, 0.29) is 35.1 Å². The lowest BCUT2D eigenvalue weighted by molar-refractivity contribution is -0.138. The molecule has 0 aliphatic heterocycles. The van der Waals surface area contributed by atoms with E-state index < -0.39 is 27.9 Å². The molecule has 2 N–H and O–H groups in total. The normalized spacial score (nSPS) is 14.9. The van der Waals surface area contributed by atoms with E-state index in [0.29, 0.717) is 11.5 Å². The molecule has 1 aliphatic carbocycles. The smallest absolute Gasteiger partial charge is 0.322 e. The van der Waals surface area contributed by atoms with Crippen LogP contribution in [-0.4, -0.2) is 35.7 Å². The largest absolute Gasteiger partial charge is 0.480 e. The van der Waals surface area contributed by atoms with Crippen molar-refractivity contribution in [3.8, 4) is 11.4 Å². The van der Waals surface area contributed by atoms with E-state index in [1.165, 1.54) is 24.3 Å². The summed E-state index contributed by atoms with van der Waals surface area (Å²) in [6.07, 6.45) is 4.49. The van der Waals surface area contributed by atoms with Crippen molar-refractivity contribution >= 4 is 16.0 Å². The van der Waals surface area contributed by atoms with Crippen LogP contribution in [0, 0.1) is 5.82 Å². The van der Waals surface area contributed by atoms with E-state index in [9.17, 15) is 22.7 Å².